The van der Waals surface area contributed by atoms with Crippen molar-refractivity contribution >= 4 is 43.9 Å². The zero-order valence-electron chi connectivity index (χ0n) is 33.4. The minimum atomic E-state index is 0.549. The van der Waals surface area contributed by atoms with Gasteiger partial charge in [-0.1, -0.05) is 182 Å². The quantitative estimate of drug-likeness (QED) is 0.161. The molecule has 0 spiro atoms. The van der Waals surface area contributed by atoms with Gasteiger partial charge in [0, 0.05) is 49.4 Å². The molecule has 3 heterocycles. The average molecular weight is 794 g/mol. The third-order valence-corrected chi connectivity index (χ3v) is 11.8. The predicted molar refractivity (Wildman–Crippen MR) is 252 cm³/mol. The van der Waals surface area contributed by atoms with E-state index in [0.717, 1.165) is 105 Å². The van der Waals surface area contributed by atoms with E-state index < -0.39 is 0 Å². The van der Waals surface area contributed by atoms with Crippen LogP contribution in [0.1, 0.15) is 0 Å². The van der Waals surface area contributed by atoms with Crippen molar-refractivity contribution in [3.63, 3.8) is 0 Å². The minimum Gasteiger partial charge on any atom is -0.455 e. The van der Waals surface area contributed by atoms with E-state index in [2.05, 4.69) is 164 Å². The minimum absolute atomic E-state index is 0.549. The summed E-state index contributed by atoms with van der Waals surface area (Å²) in [6.07, 6.45) is 0. The first-order valence-electron chi connectivity index (χ1n) is 20.8. The molecule has 0 radical (unpaired) electrons. The molecule has 5 nitrogen and oxygen atoms in total. The van der Waals surface area contributed by atoms with Crippen LogP contribution in [-0.4, -0.2) is 15.0 Å². The van der Waals surface area contributed by atoms with Gasteiger partial charge in [0.05, 0.1) is 0 Å². The topological polar surface area (TPSA) is 65.0 Å². The van der Waals surface area contributed by atoms with E-state index >= 15 is 0 Å². The Balaban J connectivity index is 1.15. The molecule has 0 fully saturated rings. The molecule has 9 aromatic carbocycles. The number of furan rings is 2. The van der Waals surface area contributed by atoms with Crippen LogP contribution in [0.25, 0.3) is 123 Å². The van der Waals surface area contributed by atoms with Crippen molar-refractivity contribution in [3.05, 3.63) is 212 Å². The summed E-state index contributed by atoms with van der Waals surface area (Å²) in [7, 11) is 0. The lowest BCUT2D eigenvalue weighted by molar-refractivity contribution is 0.670. The first kappa shape index (κ1) is 35.5. The fourth-order valence-corrected chi connectivity index (χ4v) is 8.86. The Hall–Kier alpha value is -8.41. The van der Waals surface area contributed by atoms with Crippen LogP contribution in [0.15, 0.2) is 221 Å². The van der Waals surface area contributed by atoms with Crippen LogP contribution >= 0.6 is 0 Å². The van der Waals surface area contributed by atoms with Crippen molar-refractivity contribution in [2.24, 2.45) is 0 Å². The standard InChI is InChI=1S/C57H35N3O2/c1-3-17-36(18-4-1)41-21-7-9-25-49(41)56-58-55(59-57(60-56)50-26-10-8-22-42(50)37-19-5-2-6-20-37)40-34-38(43-27-15-29-47-45-23-11-13-31-51(45)61-53(43)47)33-39(35-40)44-28-16-30-48-46-24-12-14-32-52(46)62-54(44)48/h1-35H. The van der Waals surface area contributed by atoms with Gasteiger partial charge in [-0.3, -0.25) is 0 Å². The predicted octanol–water partition coefficient (Wildman–Crippen LogP) is 15.3. The van der Waals surface area contributed by atoms with Gasteiger partial charge >= 0.3 is 0 Å². The molecule has 0 aliphatic carbocycles. The van der Waals surface area contributed by atoms with Crippen LogP contribution in [0.2, 0.25) is 0 Å². The first-order chi connectivity index (χ1) is 30.7. The Labute approximate surface area is 357 Å². The summed E-state index contributed by atoms with van der Waals surface area (Å²) in [6.45, 7) is 0. The van der Waals surface area contributed by atoms with Crippen LogP contribution < -0.4 is 0 Å². The smallest absolute Gasteiger partial charge is 0.164 e. The van der Waals surface area contributed by atoms with Gasteiger partial charge in [-0.15, -0.1) is 0 Å². The molecule has 0 unspecified atom stereocenters. The van der Waals surface area contributed by atoms with Crippen molar-refractivity contribution in [3.8, 4) is 78.7 Å². The highest BCUT2D eigenvalue weighted by molar-refractivity contribution is 6.11. The van der Waals surface area contributed by atoms with Crippen LogP contribution in [-0.2, 0) is 0 Å². The Morgan fingerprint density at radius 2 is 0.597 bits per heavy atom. The van der Waals surface area contributed by atoms with Gasteiger partial charge in [0.15, 0.2) is 17.5 Å². The highest BCUT2D eigenvalue weighted by Gasteiger charge is 2.21. The first-order valence-corrected chi connectivity index (χ1v) is 20.8. The largest absolute Gasteiger partial charge is 0.455 e. The fraction of sp³-hybridized carbons (Fsp3) is 0. The van der Waals surface area contributed by atoms with E-state index in [1.54, 1.807) is 0 Å². The normalized spacial score (nSPS) is 11.5. The molecular weight excluding hydrogens is 759 g/mol. The fourth-order valence-electron chi connectivity index (χ4n) is 8.86. The maximum absolute atomic E-state index is 6.64. The van der Waals surface area contributed by atoms with Crippen molar-refractivity contribution < 1.29 is 8.83 Å². The third kappa shape index (κ3) is 6.06. The molecule has 62 heavy (non-hydrogen) atoms. The zero-order chi connectivity index (χ0) is 41.0. The van der Waals surface area contributed by atoms with Crippen LogP contribution in [0.3, 0.4) is 0 Å². The van der Waals surface area contributed by atoms with Crippen LogP contribution in [0.4, 0.5) is 0 Å². The maximum atomic E-state index is 6.64. The second-order valence-corrected chi connectivity index (χ2v) is 15.5. The lowest BCUT2D eigenvalue weighted by atomic mass is 9.93. The molecule has 0 atom stereocenters. The summed E-state index contributed by atoms with van der Waals surface area (Å²) < 4.78 is 13.3. The van der Waals surface area contributed by atoms with E-state index in [-0.39, 0.29) is 0 Å². The summed E-state index contributed by atoms with van der Waals surface area (Å²) in [5.41, 5.74) is 14.1. The maximum Gasteiger partial charge on any atom is 0.164 e. The van der Waals surface area contributed by atoms with Gasteiger partial charge in [-0.25, -0.2) is 15.0 Å². The molecule has 0 bridgehead atoms. The van der Waals surface area contributed by atoms with E-state index in [0.29, 0.717) is 17.5 Å². The summed E-state index contributed by atoms with van der Waals surface area (Å²) in [5, 5.41) is 4.27. The Morgan fingerprint density at radius 3 is 1.08 bits per heavy atom. The monoisotopic (exact) mass is 793 g/mol. The van der Waals surface area contributed by atoms with Crippen LogP contribution in [0.5, 0.6) is 0 Å². The lowest BCUT2D eigenvalue weighted by Crippen LogP contribution is -2.02. The molecule has 12 aromatic rings. The van der Waals surface area contributed by atoms with Gasteiger partial charge in [0.1, 0.15) is 22.3 Å². The molecule has 0 amide bonds. The number of benzene rings is 9. The van der Waals surface area contributed by atoms with Crippen LogP contribution in [0, 0.1) is 0 Å². The number of nitrogens with zero attached hydrogens (tertiary/aromatic N) is 3. The Morgan fingerprint density at radius 1 is 0.242 bits per heavy atom. The zero-order valence-corrected chi connectivity index (χ0v) is 33.4. The number of hydrogen-bond donors (Lipinski definition) is 0. The number of para-hydroxylation sites is 4. The van der Waals surface area contributed by atoms with Gasteiger partial charge in [-0.2, -0.15) is 0 Å². The summed E-state index contributed by atoms with van der Waals surface area (Å²) >= 11 is 0. The number of fused-ring (bicyclic) bond motifs is 6. The Bertz CT molecular complexity index is 3410. The van der Waals surface area contributed by atoms with Gasteiger partial charge in [0.25, 0.3) is 0 Å². The van der Waals surface area contributed by atoms with Crippen molar-refractivity contribution in [2.45, 2.75) is 0 Å². The van der Waals surface area contributed by atoms with E-state index in [1.807, 2.05) is 48.5 Å². The van der Waals surface area contributed by atoms with Crippen molar-refractivity contribution in [1.29, 1.82) is 0 Å². The number of hydrogen-bond acceptors (Lipinski definition) is 5. The number of aromatic nitrogens is 3. The second-order valence-electron chi connectivity index (χ2n) is 15.5. The highest BCUT2D eigenvalue weighted by atomic mass is 16.3. The lowest BCUT2D eigenvalue weighted by Gasteiger charge is -2.15. The van der Waals surface area contributed by atoms with Crippen molar-refractivity contribution in [2.75, 3.05) is 0 Å². The summed E-state index contributed by atoms with van der Waals surface area (Å²) in [5.74, 6) is 1.71. The number of rotatable bonds is 7. The van der Waals surface area contributed by atoms with Crippen molar-refractivity contribution in [1.82, 2.24) is 15.0 Å². The second kappa shape index (κ2) is 14.7. The molecule has 290 valence electrons. The highest BCUT2D eigenvalue weighted by Crippen LogP contribution is 2.43. The summed E-state index contributed by atoms with van der Waals surface area (Å²) in [4.78, 5) is 16.1. The molecular formula is C57H35N3O2. The van der Waals surface area contributed by atoms with Gasteiger partial charge < -0.3 is 8.83 Å². The molecule has 5 heteroatoms. The molecule has 0 aliphatic rings. The van der Waals surface area contributed by atoms with E-state index in [9.17, 15) is 0 Å². The molecule has 0 saturated heterocycles. The Kier molecular flexibility index (Phi) is 8.42. The molecule has 0 saturated carbocycles. The van der Waals surface area contributed by atoms with Gasteiger partial charge in [-0.05, 0) is 63.7 Å². The average Bonchev–Trinajstić information content (AvgIpc) is 3.93. The SMILES string of the molecule is c1ccc(-c2ccccc2-c2nc(-c3cc(-c4cccc5c4oc4ccccc45)cc(-c4cccc5c4oc4ccccc45)c3)nc(-c3ccccc3-c3ccccc3)n2)cc1. The molecule has 3 aromatic heterocycles. The molecule has 0 N–H and O–H groups in total. The molecule has 0 aliphatic heterocycles. The van der Waals surface area contributed by atoms with Gasteiger partial charge in [0.2, 0.25) is 0 Å². The molecule has 12 rings (SSSR count). The van der Waals surface area contributed by atoms with E-state index in [4.69, 9.17) is 23.8 Å². The third-order valence-electron chi connectivity index (χ3n) is 11.8. The summed E-state index contributed by atoms with van der Waals surface area (Å²) in [6, 6.07) is 73.2. The van der Waals surface area contributed by atoms with E-state index in [1.165, 1.54) is 0 Å².